The lowest BCUT2D eigenvalue weighted by atomic mass is 10.1. The minimum absolute atomic E-state index is 0.215. The van der Waals surface area contributed by atoms with Gasteiger partial charge < -0.3 is 4.52 Å². The summed E-state index contributed by atoms with van der Waals surface area (Å²) in [6, 6.07) is 2.63. The summed E-state index contributed by atoms with van der Waals surface area (Å²) >= 11 is 0. The Morgan fingerprint density at radius 2 is 2.16 bits per heavy atom. The van der Waals surface area contributed by atoms with Crippen molar-refractivity contribution < 1.29 is 9.32 Å². The van der Waals surface area contributed by atoms with Crippen LogP contribution in [0.4, 0.5) is 0 Å². The molecule has 106 valence electrons. The number of carbonyl (C=O) groups excluding carboxylic acids is 1. The number of amides is 1. The molecule has 1 aliphatic rings. The predicted molar refractivity (Wildman–Crippen MR) is 70.1 cm³/mol. The van der Waals surface area contributed by atoms with E-state index in [2.05, 4.69) is 35.9 Å². The van der Waals surface area contributed by atoms with Gasteiger partial charge in [0.05, 0.1) is 6.54 Å². The summed E-state index contributed by atoms with van der Waals surface area (Å²) in [5.41, 5.74) is 2.25. The number of nitrogens with zero attached hydrogens (tertiary/aromatic N) is 3. The minimum atomic E-state index is -0.435. The molecule has 2 atom stereocenters. The highest BCUT2D eigenvalue weighted by Gasteiger charge is 2.27. The van der Waals surface area contributed by atoms with Crippen LogP contribution in [0.3, 0.4) is 0 Å². The maximum atomic E-state index is 11.3. The fraction of sp³-hybridized carbons (Fsp3) is 0.667. The lowest BCUT2D eigenvalue weighted by Crippen LogP contribution is -2.54. The number of aromatic nitrogens is 1. The predicted octanol–water partition coefficient (Wildman–Crippen LogP) is -0.197. The van der Waals surface area contributed by atoms with Crippen LogP contribution in [0.15, 0.2) is 10.6 Å². The molecule has 0 radical (unpaired) electrons. The molecule has 0 bridgehead atoms. The number of hydrogen-bond donors (Lipinski definition) is 2. The van der Waals surface area contributed by atoms with Gasteiger partial charge in [0.15, 0.2) is 11.5 Å². The number of hydrogen-bond acceptors (Lipinski definition) is 6. The molecule has 1 fully saturated rings. The molecule has 19 heavy (non-hydrogen) atoms. The Morgan fingerprint density at radius 1 is 1.53 bits per heavy atom. The number of hydrazine groups is 1. The summed E-state index contributed by atoms with van der Waals surface area (Å²) < 4.78 is 5.17. The van der Waals surface area contributed by atoms with Crippen LogP contribution in [0.2, 0.25) is 0 Å². The van der Waals surface area contributed by atoms with Crippen molar-refractivity contribution in [1.82, 2.24) is 20.4 Å². The van der Waals surface area contributed by atoms with E-state index in [-0.39, 0.29) is 5.69 Å². The molecular weight excluding hydrogens is 246 g/mol. The molecule has 2 rings (SSSR count). The number of nitrogen functional groups attached to an aromatic ring is 1. The van der Waals surface area contributed by atoms with Gasteiger partial charge in [-0.1, -0.05) is 5.16 Å². The highest BCUT2D eigenvalue weighted by atomic mass is 16.5. The number of nitrogens with two attached hydrogens (primary N) is 1. The van der Waals surface area contributed by atoms with E-state index in [9.17, 15) is 4.79 Å². The summed E-state index contributed by atoms with van der Waals surface area (Å²) in [4.78, 5) is 16.0. The molecule has 1 amide bonds. The lowest BCUT2D eigenvalue weighted by molar-refractivity contribution is 0.0506. The van der Waals surface area contributed by atoms with Crippen LogP contribution in [0, 0.1) is 0 Å². The third-order valence-corrected chi connectivity index (χ3v) is 3.74. The zero-order valence-corrected chi connectivity index (χ0v) is 11.6. The largest absolute Gasteiger partial charge is 0.359 e. The summed E-state index contributed by atoms with van der Waals surface area (Å²) in [6.45, 7) is 7.01. The van der Waals surface area contributed by atoms with Gasteiger partial charge in [-0.3, -0.25) is 20.0 Å². The van der Waals surface area contributed by atoms with Gasteiger partial charge >= 0.3 is 0 Å². The normalized spacial score (nSPS) is 25.5. The molecule has 1 aliphatic heterocycles. The Bertz CT molecular complexity index is 435. The molecule has 0 aromatic carbocycles. The SMILES string of the molecule is CC1CN(Cc2cc(C(=O)NN)no2)CC(C)N1C. The minimum Gasteiger partial charge on any atom is -0.359 e. The molecule has 0 aliphatic carbocycles. The molecule has 1 saturated heterocycles. The van der Waals surface area contributed by atoms with Crippen LogP contribution >= 0.6 is 0 Å². The van der Waals surface area contributed by atoms with Gasteiger partial charge in [-0.25, -0.2) is 5.84 Å². The number of likely N-dealkylation sites (N-methyl/N-ethyl adjacent to an activating group) is 1. The average Bonchev–Trinajstić information content (AvgIpc) is 2.83. The second kappa shape index (κ2) is 5.68. The van der Waals surface area contributed by atoms with Crippen LogP contribution in [-0.2, 0) is 6.54 Å². The average molecular weight is 267 g/mol. The van der Waals surface area contributed by atoms with Crippen molar-refractivity contribution in [3.05, 3.63) is 17.5 Å². The third kappa shape index (κ3) is 3.12. The van der Waals surface area contributed by atoms with E-state index in [0.29, 0.717) is 24.4 Å². The van der Waals surface area contributed by atoms with Crippen LogP contribution in [0.25, 0.3) is 0 Å². The molecular formula is C12H21N5O2. The van der Waals surface area contributed by atoms with Crippen molar-refractivity contribution in [2.75, 3.05) is 20.1 Å². The first-order valence-corrected chi connectivity index (χ1v) is 6.42. The molecule has 1 aromatic heterocycles. The molecule has 7 heteroatoms. The van der Waals surface area contributed by atoms with Gasteiger partial charge in [0.2, 0.25) is 0 Å². The first-order valence-electron chi connectivity index (χ1n) is 6.42. The van der Waals surface area contributed by atoms with Gasteiger partial charge in [-0.2, -0.15) is 0 Å². The van der Waals surface area contributed by atoms with E-state index in [0.717, 1.165) is 13.1 Å². The second-order valence-corrected chi connectivity index (χ2v) is 5.21. The van der Waals surface area contributed by atoms with Crippen LogP contribution in [-0.4, -0.2) is 53.1 Å². The van der Waals surface area contributed by atoms with Crippen molar-refractivity contribution in [1.29, 1.82) is 0 Å². The van der Waals surface area contributed by atoms with Gasteiger partial charge in [-0.05, 0) is 20.9 Å². The molecule has 0 spiro atoms. The maximum absolute atomic E-state index is 11.3. The van der Waals surface area contributed by atoms with E-state index in [4.69, 9.17) is 10.4 Å². The lowest BCUT2D eigenvalue weighted by Gasteiger charge is -2.42. The van der Waals surface area contributed by atoms with Crippen molar-refractivity contribution in [2.24, 2.45) is 5.84 Å². The first kappa shape index (κ1) is 14.0. The number of piperazine rings is 1. The Hall–Kier alpha value is -1.44. The van der Waals surface area contributed by atoms with E-state index < -0.39 is 5.91 Å². The Labute approximate surface area is 112 Å². The summed E-state index contributed by atoms with van der Waals surface area (Å²) in [7, 11) is 2.14. The maximum Gasteiger partial charge on any atom is 0.287 e. The topological polar surface area (TPSA) is 87.6 Å². The highest BCUT2D eigenvalue weighted by molar-refractivity contribution is 5.91. The van der Waals surface area contributed by atoms with Gasteiger partial charge in [0, 0.05) is 31.2 Å². The smallest absolute Gasteiger partial charge is 0.287 e. The fourth-order valence-corrected chi connectivity index (χ4v) is 2.43. The van der Waals surface area contributed by atoms with Crippen LogP contribution in [0.1, 0.15) is 30.1 Å². The highest BCUT2D eigenvalue weighted by Crippen LogP contribution is 2.16. The van der Waals surface area contributed by atoms with E-state index in [1.54, 1.807) is 6.07 Å². The second-order valence-electron chi connectivity index (χ2n) is 5.21. The van der Waals surface area contributed by atoms with Crippen molar-refractivity contribution in [2.45, 2.75) is 32.5 Å². The summed E-state index contributed by atoms with van der Waals surface area (Å²) in [5, 5.41) is 3.70. The summed E-state index contributed by atoms with van der Waals surface area (Å²) in [5.74, 6) is 5.30. The molecule has 3 N–H and O–H groups in total. The fourth-order valence-electron chi connectivity index (χ4n) is 2.43. The Kier molecular flexibility index (Phi) is 4.18. The molecule has 7 nitrogen and oxygen atoms in total. The zero-order valence-electron chi connectivity index (χ0n) is 11.6. The number of rotatable bonds is 3. The molecule has 0 saturated carbocycles. The third-order valence-electron chi connectivity index (χ3n) is 3.74. The van der Waals surface area contributed by atoms with Crippen LogP contribution in [0.5, 0.6) is 0 Å². The Balaban J connectivity index is 1.98. The quantitative estimate of drug-likeness (QED) is 0.448. The van der Waals surface area contributed by atoms with Crippen molar-refractivity contribution in [3.63, 3.8) is 0 Å². The summed E-state index contributed by atoms with van der Waals surface area (Å²) in [6.07, 6.45) is 0. The van der Waals surface area contributed by atoms with E-state index in [1.807, 2.05) is 5.43 Å². The standard InChI is InChI=1S/C12H21N5O2/c1-8-5-17(6-9(2)16(8)3)7-10-4-11(15-19-10)12(18)14-13/h4,8-9H,5-7,13H2,1-3H3,(H,14,18). The van der Waals surface area contributed by atoms with Gasteiger partial charge in [0.25, 0.3) is 5.91 Å². The van der Waals surface area contributed by atoms with E-state index >= 15 is 0 Å². The van der Waals surface area contributed by atoms with E-state index in [1.165, 1.54) is 0 Å². The van der Waals surface area contributed by atoms with Crippen LogP contribution < -0.4 is 11.3 Å². The zero-order chi connectivity index (χ0) is 14.0. The molecule has 1 aromatic rings. The molecule has 2 unspecified atom stereocenters. The van der Waals surface area contributed by atoms with Gasteiger partial charge in [0.1, 0.15) is 0 Å². The monoisotopic (exact) mass is 267 g/mol. The number of carbonyl (C=O) groups is 1. The number of nitrogens with one attached hydrogen (secondary N) is 1. The molecule has 2 heterocycles. The first-order chi connectivity index (χ1) is 9.01. The Morgan fingerprint density at radius 3 is 2.74 bits per heavy atom. The van der Waals surface area contributed by atoms with Crippen molar-refractivity contribution in [3.8, 4) is 0 Å². The van der Waals surface area contributed by atoms with Gasteiger partial charge in [-0.15, -0.1) is 0 Å². The van der Waals surface area contributed by atoms with Crippen molar-refractivity contribution >= 4 is 5.91 Å².